The molecule has 0 spiro atoms. The van der Waals surface area contributed by atoms with Crippen molar-refractivity contribution in [2.45, 2.75) is 70.4 Å². The smallest absolute Gasteiger partial charge is 0.416 e. The van der Waals surface area contributed by atoms with Crippen LogP contribution in [-0.2, 0) is 55.1 Å². The van der Waals surface area contributed by atoms with Crippen molar-refractivity contribution in [1.82, 2.24) is 0 Å². The molecule has 0 saturated carbocycles. The Morgan fingerprint density at radius 1 is 0.449 bits per heavy atom. The number of alkyl halides is 3. The van der Waals surface area contributed by atoms with Crippen LogP contribution in [0.4, 0.5) is 30.2 Å². The molecule has 356 valence electrons. The molecule has 0 fully saturated rings. The van der Waals surface area contributed by atoms with E-state index >= 15 is 0 Å². The van der Waals surface area contributed by atoms with Gasteiger partial charge in [0.15, 0.2) is 0 Å². The van der Waals surface area contributed by atoms with Gasteiger partial charge in [-0.05, 0) is 146 Å². The zero-order chi connectivity index (χ0) is 49.8. The number of nitrogens with zero attached hydrogens (tertiary/aromatic N) is 1. The number of carbonyl (C=O) groups is 4. The molecule has 9 nitrogen and oxygen atoms in total. The van der Waals surface area contributed by atoms with Crippen LogP contribution in [0.3, 0.4) is 0 Å². The van der Waals surface area contributed by atoms with Crippen molar-refractivity contribution in [1.29, 1.82) is 0 Å². The van der Waals surface area contributed by atoms with E-state index in [2.05, 4.69) is 26.3 Å². The Bertz CT molecular complexity index is 2660. The summed E-state index contributed by atoms with van der Waals surface area (Å²) in [6.07, 6.45) is -3.44. The first-order valence-electron chi connectivity index (χ1n) is 22.6. The number of hydrogen-bond donors (Lipinski definition) is 0. The molecule has 0 saturated heterocycles. The van der Waals surface area contributed by atoms with E-state index in [1.807, 2.05) is 89.8 Å². The number of rotatable bonds is 19. The van der Waals surface area contributed by atoms with Crippen LogP contribution in [0.2, 0.25) is 0 Å². The minimum absolute atomic E-state index is 0.00241. The van der Waals surface area contributed by atoms with Crippen molar-refractivity contribution >= 4 is 40.9 Å². The van der Waals surface area contributed by atoms with Crippen molar-refractivity contribution in [3.05, 3.63) is 186 Å². The molecule has 0 aromatic heterocycles. The Kier molecular flexibility index (Phi) is 14.3. The molecule has 0 amide bonds. The van der Waals surface area contributed by atoms with Crippen LogP contribution in [0, 0.1) is 0 Å². The maximum absolute atomic E-state index is 14.1. The average molecular weight is 938 g/mol. The number of benzene rings is 5. The van der Waals surface area contributed by atoms with Crippen LogP contribution in [0.15, 0.2) is 158 Å². The first-order chi connectivity index (χ1) is 32.8. The van der Waals surface area contributed by atoms with Gasteiger partial charge in [0, 0.05) is 50.2 Å². The van der Waals surface area contributed by atoms with Crippen LogP contribution >= 0.6 is 0 Å². The topological polar surface area (TPSA) is 108 Å². The summed E-state index contributed by atoms with van der Waals surface area (Å²) in [7, 11) is 0. The predicted molar refractivity (Wildman–Crippen MR) is 260 cm³/mol. The molecule has 0 N–H and O–H groups in total. The minimum Gasteiger partial charge on any atom is -0.462 e. The van der Waals surface area contributed by atoms with Crippen LogP contribution in [0.25, 0.3) is 22.3 Å². The Labute approximate surface area is 400 Å². The molecule has 0 atom stereocenters. The summed E-state index contributed by atoms with van der Waals surface area (Å²) in [4.78, 5) is 52.8. The third kappa shape index (κ3) is 9.93. The van der Waals surface area contributed by atoms with E-state index in [-0.39, 0.29) is 74.4 Å². The Morgan fingerprint density at radius 2 is 0.754 bits per heavy atom. The molecular weight excluding hydrogens is 884 g/mol. The molecular formula is C57H54F3NO8. The van der Waals surface area contributed by atoms with E-state index in [0.717, 1.165) is 56.6 Å². The largest absolute Gasteiger partial charge is 0.462 e. The van der Waals surface area contributed by atoms with Gasteiger partial charge in [0.25, 0.3) is 0 Å². The van der Waals surface area contributed by atoms with Crippen molar-refractivity contribution in [2.24, 2.45) is 0 Å². The molecule has 5 aromatic carbocycles. The highest BCUT2D eigenvalue weighted by molar-refractivity contribution is 5.91. The molecule has 5 aromatic rings. The predicted octanol–water partition coefficient (Wildman–Crippen LogP) is 12.7. The van der Waals surface area contributed by atoms with Crippen LogP contribution in [0.1, 0.15) is 81.2 Å². The summed E-state index contributed by atoms with van der Waals surface area (Å²) < 4.78 is 65.2. The van der Waals surface area contributed by atoms with E-state index in [1.54, 1.807) is 27.7 Å². The normalized spacial score (nSPS) is 13.4. The average Bonchev–Trinajstić information content (AvgIpc) is 3.74. The first-order valence-corrected chi connectivity index (χ1v) is 22.6. The fourth-order valence-corrected chi connectivity index (χ4v) is 9.50. The second kappa shape index (κ2) is 20.0. The zero-order valence-corrected chi connectivity index (χ0v) is 39.2. The standard InChI is InChI=1S/C57H54F3NO8/c1-35(2)51(62)66-29-25-55(26-30-67-52(63)36(3)4)47-15-11-9-13-43(47)45-23-21-41(33-49(45)55)61(40-19-17-39(18-20-40)57(58,59)60)42-22-24-46-44-14-10-12-16-48(44)56(50(46)34-42,27-31-68-53(64)37(5)6)28-32-69-54(65)38(7)8/h9-24,33-34H,1,3,5,7,25-32H2,2,4,6,8H3. The van der Waals surface area contributed by atoms with Gasteiger partial charge in [-0.1, -0.05) is 87.0 Å². The van der Waals surface area contributed by atoms with E-state index in [4.69, 9.17) is 18.9 Å². The number of carbonyl (C=O) groups excluding carboxylic acids is 4. The van der Waals surface area contributed by atoms with Gasteiger partial charge in [-0.3, -0.25) is 0 Å². The number of anilines is 3. The fraction of sp³-hybridized carbons (Fsp3) is 0.263. The second-order valence-corrected chi connectivity index (χ2v) is 17.8. The molecule has 2 aliphatic rings. The lowest BCUT2D eigenvalue weighted by molar-refractivity contribution is -0.141. The summed E-state index contributed by atoms with van der Waals surface area (Å²) in [5, 5.41) is 0. The van der Waals surface area contributed by atoms with Crippen molar-refractivity contribution in [3.63, 3.8) is 0 Å². The van der Waals surface area contributed by atoms with Gasteiger partial charge in [0.2, 0.25) is 0 Å². The molecule has 0 bridgehead atoms. The lowest BCUT2D eigenvalue weighted by Gasteiger charge is -2.34. The molecule has 2 aliphatic carbocycles. The number of hydrogen-bond acceptors (Lipinski definition) is 9. The highest BCUT2D eigenvalue weighted by Crippen LogP contribution is 2.57. The molecule has 0 heterocycles. The van der Waals surface area contributed by atoms with E-state index in [0.29, 0.717) is 17.1 Å². The number of halogens is 3. The SMILES string of the molecule is C=C(C)C(=O)OCCC1(CCOC(=O)C(=C)C)c2ccccc2-c2ccc(N(c3ccc(C(F)(F)F)cc3)c3ccc4c(c3)C(CCOC(=O)C(=C)C)(CCOC(=O)C(=C)C)c3ccccc3-4)cc21. The zero-order valence-electron chi connectivity index (χ0n) is 39.2. The Hall–Kier alpha value is -7.47. The van der Waals surface area contributed by atoms with E-state index in [9.17, 15) is 32.3 Å². The summed E-state index contributed by atoms with van der Waals surface area (Å²) in [6, 6.07) is 32.4. The van der Waals surface area contributed by atoms with Gasteiger partial charge < -0.3 is 23.8 Å². The highest BCUT2D eigenvalue weighted by atomic mass is 19.4. The van der Waals surface area contributed by atoms with Crippen LogP contribution in [0.5, 0.6) is 0 Å². The summed E-state index contributed by atoms with van der Waals surface area (Å²) in [5.74, 6) is -2.20. The van der Waals surface area contributed by atoms with Gasteiger partial charge in [-0.25, -0.2) is 19.2 Å². The summed E-state index contributed by atoms with van der Waals surface area (Å²) in [6.45, 7) is 21.2. The first kappa shape index (κ1) is 49.4. The third-order valence-corrected chi connectivity index (χ3v) is 12.9. The third-order valence-electron chi connectivity index (χ3n) is 12.9. The van der Waals surface area contributed by atoms with Crippen LogP contribution < -0.4 is 4.90 Å². The second-order valence-electron chi connectivity index (χ2n) is 17.8. The van der Waals surface area contributed by atoms with Gasteiger partial charge >= 0.3 is 30.1 Å². The maximum atomic E-state index is 14.1. The fourth-order valence-electron chi connectivity index (χ4n) is 9.50. The molecule has 69 heavy (non-hydrogen) atoms. The monoisotopic (exact) mass is 937 g/mol. The molecule has 0 unspecified atom stereocenters. The van der Waals surface area contributed by atoms with Crippen LogP contribution in [-0.4, -0.2) is 50.3 Å². The lowest BCUT2D eigenvalue weighted by atomic mass is 9.73. The van der Waals surface area contributed by atoms with E-state index < -0.39 is 46.4 Å². The summed E-state index contributed by atoms with van der Waals surface area (Å²) in [5.41, 5.74) is 7.13. The Balaban J connectivity index is 1.42. The van der Waals surface area contributed by atoms with Gasteiger partial charge in [0.1, 0.15) is 0 Å². The Morgan fingerprint density at radius 3 is 1.07 bits per heavy atom. The molecule has 0 radical (unpaired) electrons. The minimum atomic E-state index is -4.59. The molecule has 0 aliphatic heterocycles. The highest BCUT2D eigenvalue weighted by Gasteiger charge is 2.46. The van der Waals surface area contributed by atoms with Gasteiger partial charge in [-0.2, -0.15) is 13.2 Å². The quantitative estimate of drug-likeness (QED) is 0.0454. The van der Waals surface area contributed by atoms with Crippen molar-refractivity contribution in [2.75, 3.05) is 31.3 Å². The van der Waals surface area contributed by atoms with Gasteiger partial charge in [-0.15, -0.1) is 0 Å². The summed E-state index contributed by atoms with van der Waals surface area (Å²) >= 11 is 0. The maximum Gasteiger partial charge on any atom is 0.416 e. The number of esters is 4. The van der Waals surface area contributed by atoms with Crippen molar-refractivity contribution in [3.8, 4) is 22.3 Å². The molecule has 12 heteroatoms. The number of fused-ring (bicyclic) bond motifs is 6. The lowest BCUT2D eigenvalue weighted by Crippen LogP contribution is -2.30. The number of ether oxygens (including phenoxy) is 4. The van der Waals surface area contributed by atoms with E-state index in [1.165, 1.54) is 12.1 Å². The van der Waals surface area contributed by atoms with Gasteiger partial charge in [0.05, 0.1) is 32.0 Å². The molecule has 7 rings (SSSR count). The van der Waals surface area contributed by atoms with Crippen molar-refractivity contribution < 1.29 is 51.3 Å².